The van der Waals surface area contributed by atoms with Crippen molar-refractivity contribution in [3.05, 3.63) is 34.6 Å². The summed E-state index contributed by atoms with van der Waals surface area (Å²) in [5, 5.41) is 12.0. The van der Waals surface area contributed by atoms with Crippen LogP contribution in [0.3, 0.4) is 0 Å². The summed E-state index contributed by atoms with van der Waals surface area (Å²) < 4.78 is 12.9. The van der Waals surface area contributed by atoms with Crippen LogP contribution in [0.25, 0.3) is 0 Å². The van der Waals surface area contributed by atoms with Gasteiger partial charge in [-0.05, 0) is 30.5 Å². The van der Waals surface area contributed by atoms with E-state index in [1.807, 2.05) is 0 Å². The molecule has 0 aliphatic heterocycles. The molecule has 1 aromatic rings. The van der Waals surface area contributed by atoms with E-state index in [2.05, 4.69) is 5.32 Å². The summed E-state index contributed by atoms with van der Waals surface area (Å²) in [4.78, 5) is 23.3. The molecule has 0 bridgehead atoms. The van der Waals surface area contributed by atoms with Crippen molar-refractivity contribution in [2.24, 2.45) is 0 Å². The van der Waals surface area contributed by atoms with Gasteiger partial charge in [-0.15, -0.1) is 0 Å². The van der Waals surface area contributed by atoms with E-state index in [0.29, 0.717) is 18.4 Å². The third-order valence-electron chi connectivity index (χ3n) is 3.61. The highest BCUT2D eigenvalue weighted by atomic mass is 35.5. The molecular formula is C14H15ClFNO3. The summed E-state index contributed by atoms with van der Waals surface area (Å²) in [6.45, 7) is 0. The Morgan fingerprint density at radius 1 is 1.35 bits per heavy atom. The highest BCUT2D eigenvalue weighted by Gasteiger charge is 2.42. The molecule has 0 aromatic heterocycles. The molecule has 0 spiro atoms. The number of benzene rings is 1. The van der Waals surface area contributed by atoms with Crippen LogP contribution in [0.1, 0.15) is 31.2 Å². The van der Waals surface area contributed by atoms with Crippen LogP contribution in [-0.2, 0) is 16.0 Å². The highest BCUT2D eigenvalue weighted by Crippen LogP contribution is 2.30. The highest BCUT2D eigenvalue weighted by molar-refractivity contribution is 6.31. The maximum Gasteiger partial charge on any atom is 0.329 e. The molecule has 4 nitrogen and oxygen atoms in total. The van der Waals surface area contributed by atoms with Crippen LogP contribution in [-0.4, -0.2) is 22.5 Å². The van der Waals surface area contributed by atoms with Gasteiger partial charge in [0.2, 0.25) is 5.91 Å². The third-order valence-corrected chi connectivity index (χ3v) is 3.96. The Bertz CT molecular complexity index is 541. The minimum Gasteiger partial charge on any atom is -0.480 e. The largest absolute Gasteiger partial charge is 0.480 e. The Morgan fingerprint density at radius 3 is 2.55 bits per heavy atom. The Morgan fingerprint density at radius 2 is 2.00 bits per heavy atom. The van der Waals surface area contributed by atoms with Crippen molar-refractivity contribution < 1.29 is 19.1 Å². The van der Waals surface area contributed by atoms with Gasteiger partial charge in [-0.25, -0.2) is 9.18 Å². The number of carboxylic acid groups (broad SMARTS) is 1. The smallest absolute Gasteiger partial charge is 0.329 e. The number of carboxylic acids is 1. The van der Waals surface area contributed by atoms with Gasteiger partial charge in [0.25, 0.3) is 0 Å². The molecule has 0 heterocycles. The van der Waals surface area contributed by atoms with Gasteiger partial charge in [-0.2, -0.15) is 0 Å². The molecule has 1 fully saturated rings. The molecule has 6 heteroatoms. The summed E-state index contributed by atoms with van der Waals surface area (Å²) in [7, 11) is 0. The molecule has 0 unspecified atom stereocenters. The molecule has 1 saturated carbocycles. The molecule has 108 valence electrons. The lowest BCUT2D eigenvalue weighted by Gasteiger charge is -2.25. The Balaban J connectivity index is 2.07. The van der Waals surface area contributed by atoms with Crippen molar-refractivity contribution in [2.75, 3.05) is 0 Å². The fourth-order valence-electron chi connectivity index (χ4n) is 2.52. The Labute approximate surface area is 120 Å². The normalized spacial score (nSPS) is 16.9. The summed E-state index contributed by atoms with van der Waals surface area (Å²) in [5.74, 6) is -1.90. The van der Waals surface area contributed by atoms with E-state index in [4.69, 9.17) is 11.6 Å². The maximum atomic E-state index is 12.9. The SMILES string of the molecule is O=C(Cc1ccc(F)cc1Cl)NC1(C(=O)O)CCCC1. The van der Waals surface area contributed by atoms with E-state index in [-0.39, 0.29) is 11.4 Å². The van der Waals surface area contributed by atoms with Crippen molar-refractivity contribution in [3.63, 3.8) is 0 Å². The van der Waals surface area contributed by atoms with E-state index in [9.17, 15) is 19.1 Å². The standard InChI is InChI=1S/C14H15ClFNO3/c15-11-8-10(16)4-3-9(11)7-12(18)17-14(13(19)20)5-1-2-6-14/h3-4,8H,1-2,5-7H2,(H,17,18)(H,19,20). The van der Waals surface area contributed by atoms with Crippen LogP contribution >= 0.6 is 11.6 Å². The van der Waals surface area contributed by atoms with E-state index >= 15 is 0 Å². The van der Waals surface area contributed by atoms with Gasteiger partial charge in [0.15, 0.2) is 0 Å². The first-order chi connectivity index (χ1) is 9.43. The van der Waals surface area contributed by atoms with Gasteiger partial charge in [0, 0.05) is 5.02 Å². The fraction of sp³-hybridized carbons (Fsp3) is 0.429. The van der Waals surface area contributed by atoms with Crippen LogP contribution in [0.2, 0.25) is 5.02 Å². The number of amides is 1. The van der Waals surface area contributed by atoms with E-state index in [1.54, 1.807) is 0 Å². The van der Waals surface area contributed by atoms with Gasteiger partial charge in [-0.3, -0.25) is 4.79 Å². The van der Waals surface area contributed by atoms with E-state index < -0.39 is 23.2 Å². The molecule has 1 aliphatic carbocycles. The van der Waals surface area contributed by atoms with Crippen molar-refractivity contribution in [3.8, 4) is 0 Å². The quantitative estimate of drug-likeness (QED) is 0.898. The number of aliphatic carboxylic acids is 1. The monoisotopic (exact) mass is 299 g/mol. The average molecular weight is 300 g/mol. The number of hydrogen-bond donors (Lipinski definition) is 2. The van der Waals surface area contributed by atoms with Crippen LogP contribution < -0.4 is 5.32 Å². The number of nitrogens with one attached hydrogen (secondary N) is 1. The summed E-state index contributed by atoms with van der Waals surface area (Å²) >= 11 is 5.85. The molecule has 0 saturated heterocycles. The summed E-state index contributed by atoms with van der Waals surface area (Å²) in [6.07, 6.45) is 2.37. The molecule has 1 aromatic carbocycles. The molecule has 0 radical (unpaired) electrons. The number of hydrogen-bond acceptors (Lipinski definition) is 2. The topological polar surface area (TPSA) is 66.4 Å². The number of carbonyl (C=O) groups is 2. The van der Waals surface area contributed by atoms with Crippen molar-refractivity contribution in [1.29, 1.82) is 0 Å². The molecule has 0 atom stereocenters. The van der Waals surface area contributed by atoms with Gasteiger partial charge >= 0.3 is 5.97 Å². The third kappa shape index (κ3) is 3.10. The summed E-state index contributed by atoms with van der Waals surface area (Å²) in [5.41, 5.74) is -0.687. The van der Waals surface area contributed by atoms with Gasteiger partial charge in [0.05, 0.1) is 6.42 Å². The maximum absolute atomic E-state index is 12.9. The van der Waals surface area contributed by atoms with Gasteiger partial charge in [-0.1, -0.05) is 30.5 Å². The Kier molecular flexibility index (Phi) is 4.28. The lowest BCUT2D eigenvalue weighted by atomic mass is 9.97. The second-order valence-electron chi connectivity index (χ2n) is 5.06. The van der Waals surface area contributed by atoms with Gasteiger partial charge < -0.3 is 10.4 Å². The predicted molar refractivity (Wildman–Crippen MR) is 72.1 cm³/mol. The summed E-state index contributed by atoms with van der Waals surface area (Å²) in [6, 6.07) is 3.78. The zero-order chi connectivity index (χ0) is 14.8. The lowest BCUT2D eigenvalue weighted by molar-refractivity contribution is -0.147. The van der Waals surface area contributed by atoms with Crippen LogP contribution in [0.5, 0.6) is 0 Å². The second-order valence-corrected chi connectivity index (χ2v) is 5.46. The molecular weight excluding hydrogens is 285 g/mol. The van der Waals surface area contributed by atoms with Crippen LogP contribution in [0, 0.1) is 5.82 Å². The molecule has 2 N–H and O–H groups in total. The molecule has 1 aliphatic rings. The second kappa shape index (κ2) is 5.79. The fourth-order valence-corrected chi connectivity index (χ4v) is 2.75. The zero-order valence-electron chi connectivity index (χ0n) is 10.8. The molecule has 2 rings (SSSR count). The number of carbonyl (C=O) groups excluding carboxylic acids is 1. The molecule has 1 amide bonds. The zero-order valence-corrected chi connectivity index (χ0v) is 11.5. The van der Waals surface area contributed by atoms with Crippen LogP contribution in [0.15, 0.2) is 18.2 Å². The van der Waals surface area contributed by atoms with Crippen molar-refractivity contribution in [2.45, 2.75) is 37.6 Å². The lowest BCUT2D eigenvalue weighted by Crippen LogP contribution is -2.52. The molecule has 20 heavy (non-hydrogen) atoms. The average Bonchev–Trinajstić information content (AvgIpc) is 2.82. The first kappa shape index (κ1) is 14.8. The van der Waals surface area contributed by atoms with Crippen molar-refractivity contribution >= 4 is 23.5 Å². The first-order valence-electron chi connectivity index (χ1n) is 6.41. The van der Waals surface area contributed by atoms with E-state index in [0.717, 1.165) is 18.9 Å². The van der Waals surface area contributed by atoms with Crippen molar-refractivity contribution in [1.82, 2.24) is 5.32 Å². The van der Waals surface area contributed by atoms with E-state index in [1.165, 1.54) is 12.1 Å². The van der Waals surface area contributed by atoms with Crippen LogP contribution in [0.4, 0.5) is 4.39 Å². The van der Waals surface area contributed by atoms with Gasteiger partial charge in [0.1, 0.15) is 11.4 Å². The minimum atomic E-state index is -1.16. The number of rotatable bonds is 4. The first-order valence-corrected chi connectivity index (χ1v) is 6.79. The predicted octanol–water partition coefficient (Wildman–Crippen LogP) is 2.54. The Hall–Kier alpha value is -1.62. The minimum absolute atomic E-state index is 0.0614. The number of halogens is 2.